The first-order valence-electron chi connectivity index (χ1n) is 6.20. The molecule has 1 aromatic heterocycles. The van der Waals surface area contributed by atoms with E-state index in [9.17, 15) is 0 Å². The number of aryl methyl sites for hydroxylation is 2. The van der Waals surface area contributed by atoms with Crippen LogP contribution in [0.1, 0.15) is 28.7 Å². The van der Waals surface area contributed by atoms with E-state index in [1.54, 1.807) is 0 Å². The number of likely N-dealkylation sites (N-methyl/N-ethyl adjacent to an activating group) is 1. The average molecular weight is 238 g/mol. The van der Waals surface area contributed by atoms with Gasteiger partial charge in [-0.15, -0.1) is 11.3 Å². The zero-order chi connectivity index (χ0) is 11.5. The molecule has 1 N–H and O–H groups in total. The SMILES string of the molecule is CCNC1CCN(Cc2cc(C)c(C)s2)C1. The molecule has 1 aromatic rings. The van der Waals surface area contributed by atoms with Crippen LogP contribution in [0, 0.1) is 13.8 Å². The summed E-state index contributed by atoms with van der Waals surface area (Å²) in [6, 6.07) is 3.06. The number of hydrogen-bond donors (Lipinski definition) is 1. The molecule has 16 heavy (non-hydrogen) atoms. The number of rotatable bonds is 4. The van der Waals surface area contributed by atoms with Gasteiger partial charge >= 0.3 is 0 Å². The molecular formula is C13H22N2S. The standard InChI is InChI=1S/C13H22N2S/c1-4-14-12-5-6-15(8-12)9-13-7-10(2)11(3)16-13/h7,12,14H,4-6,8-9H2,1-3H3. The Morgan fingerprint density at radius 3 is 2.94 bits per heavy atom. The lowest BCUT2D eigenvalue weighted by molar-refractivity contribution is 0.323. The molecule has 3 heteroatoms. The van der Waals surface area contributed by atoms with Crippen LogP contribution in [0.2, 0.25) is 0 Å². The normalized spacial score (nSPS) is 21.8. The van der Waals surface area contributed by atoms with Gasteiger partial charge in [0.1, 0.15) is 0 Å². The van der Waals surface area contributed by atoms with Crippen LogP contribution in [0.15, 0.2) is 6.07 Å². The molecule has 0 bridgehead atoms. The number of nitrogens with one attached hydrogen (secondary N) is 1. The van der Waals surface area contributed by atoms with Crippen molar-refractivity contribution < 1.29 is 0 Å². The van der Waals surface area contributed by atoms with Crippen LogP contribution in [0.4, 0.5) is 0 Å². The summed E-state index contributed by atoms with van der Waals surface area (Å²) >= 11 is 1.95. The highest BCUT2D eigenvalue weighted by molar-refractivity contribution is 7.12. The molecule has 1 aliphatic heterocycles. The summed E-state index contributed by atoms with van der Waals surface area (Å²) in [5.74, 6) is 0. The van der Waals surface area contributed by atoms with Crippen LogP contribution in [-0.4, -0.2) is 30.6 Å². The van der Waals surface area contributed by atoms with Crippen molar-refractivity contribution in [1.82, 2.24) is 10.2 Å². The summed E-state index contributed by atoms with van der Waals surface area (Å²) in [4.78, 5) is 5.56. The van der Waals surface area contributed by atoms with E-state index >= 15 is 0 Å². The maximum Gasteiger partial charge on any atom is 0.0328 e. The first-order chi connectivity index (χ1) is 7.69. The molecule has 0 spiro atoms. The van der Waals surface area contributed by atoms with Crippen LogP contribution < -0.4 is 5.32 Å². The molecule has 0 aliphatic carbocycles. The maximum absolute atomic E-state index is 3.54. The van der Waals surface area contributed by atoms with Gasteiger partial charge in [0.15, 0.2) is 0 Å². The lowest BCUT2D eigenvalue weighted by atomic mass is 10.2. The quantitative estimate of drug-likeness (QED) is 0.867. The van der Waals surface area contributed by atoms with Crippen LogP contribution in [0.3, 0.4) is 0 Å². The first kappa shape index (κ1) is 12.1. The third-order valence-electron chi connectivity index (χ3n) is 3.36. The molecule has 0 radical (unpaired) electrons. The summed E-state index contributed by atoms with van der Waals surface area (Å²) in [7, 11) is 0. The zero-order valence-corrected chi connectivity index (χ0v) is 11.4. The highest BCUT2D eigenvalue weighted by Crippen LogP contribution is 2.23. The molecular weight excluding hydrogens is 216 g/mol. The van der Waals surface area contributed by atoms with Crippen molar-refractivity contribution in [3.05, 3.63) is 21.4 Å². The third kappa shape index (κ3) is 2.84. The van der Waals surface area contributed by atoms with Crippen LogP contribution in [-0.2, 0) is 6.54 Å². The topological polar surface area (TPSA) is 15.3 Å². The molecule has 1 saturated heterocycles. The predicted octanol–water partition coefficient (Wildman–Crippen LogP) is 2.55. The van der Waals surface area contributed by atoms with Gasteiger partial charge in [0.25, 0.3) is 0 Å². The summed E-state index contributed by atoms with van der Waals surface area (Å²) in [5.41, 5.74) is 1.45. The Labute approximate surface area is 103 Å². The second-order valence-corrected chi connectivity index (χ2v) is 6.07. The fourth-order valence-electron chi connectivity index (χ4n) is 2.38. The smallest absolute Gasteiger partial charge is 0.0328 e. The van der Waals surface area contributed by atoms with Gasteiger partial charge in [-0.2, -0.15) is 0 Å². The van der Waals surface area contributed by atoms with Gasteiger partial charge in [-0.05, 0) is 38.4 Å². The molecule has 2 heterocycles. The Morgan fingerprint density at radius 2 is 2.31 bits per heavy atom. The Balaban J connectivity index is 1.87. The second kappa shape index (κ2) is 5.30. The Kier molecular flexibility index (Phi) is 4.00. The molecule has 2 nitrogen and oxygen atoms in total. The van der Waals surface area contributed by atoms with E-state index in [-0.39, 0.29) is 0 Å². The van der Waals surface area contributed by atoms with Crippen molar-refractivity contribution in [2.45, 2.75) is 39.8 Å². The largest absolute Gasteiger partial charge is 0.313 e. The van der Waals surface area contributed by atoms with Crippen molar-refractivity contribution in [2.24, 2.45) is 0 Å². The third-order valence-corrected chi connectivity index (χ3v) is 4.50. The minimum absolute atomic E-state index is 0.715. The van der Waals surface area contributed by atoms with Crippen molar-refractivity contribution in [3.8, 4) is 0 Å². The maximum atomic E-state index is 3.54. The summed E-state index contributed by atoms with van der Waals surface area (Å²) in [5, 5.41) is 3.54. The number of hydrogen-bond acceptors (Lipinski definition) is 3. The summed E-state index contributed by atoms with van der Waals surface area (Å²) < 4.78 is 0. The van der Waals surface area contributed by atoms with Crippen molar-refractivity contribution in [3.63, 3.8) is 0 Å². The molecule has 90 valence electrons. The lowest BCUT2D eigenvalue weighted by Crippen LogP contribution is -2.31. The molecule has 0 amide bonds. The van der Waals surface area contributed by atoms with Gasteiger partial charge in [0.05, 0.1) is 0 Å². The molecule has 2 rings (SSSR count). The van der Waals surface area contributed by atoms with Gasteiger partial charge in [0, 0.05) is 35.4 Å². The minimum atomic E-state index is 0.715. The van der Waals surface area contributed by atoms with Gasteiger partial charge in [0.2, 0.25) is 0 Å². The lowest BCUT2D eigenvalue weighted by Gasteiger charge is -2.15. The van der Waals surface area contributed by atoms with E-state index in [0.717, 1.165) is 13.1 Å². The van der Waals surface area contributed by atoms with Gasteiger partial charge < -0.3 is 5.32 Å². The van der Waals surface area contributed by atoms with Crippen LogP contribution >= 0.6 is 11.3 Å². The van der Waals surface area contributed by atoms with Crippen molar-refractivity contribution >= 4 is 11.3 Å². The van der Waals surface area contributed by atoms with E-state index in [4.69, 9.17) is 0 Å². The molecule has 1 atom stereocenters. The number of nitrogens with zero attached hydrogens (tertiary/aromatic N) is 1. The van der Waals surface area contributed by atoms with E-state index < -0.39 is 0 Å². The highest BCUT2D eigenvalue weighted by atomic mass is 32.1. The zero-order valence-electron chi connectivity index (χ0n) is 10.5. The Bertz CT molecular complexity index is 326. The van der Waals surface area contributed by atoms with Crippen molar-refractivity contribution in [1.29, 1.82) is 0 Å². The molecule has 0 saturated carbocycles. The fraction of sp³-hybridized carbons (Fsp3) is 0.692. The van der Waals surface area contributed by atoms with Crippen LogP contribution in [0.25, 0.3) is 0 Å². The number of thiophene rings is 1. The van der Waals surface area contributed by atoms with E-state index in [1.807, 2.05) is 11.3 Å². The first-order valence-corrected chi connectivity index (χ1v) is 7.02. The minimum Gasteiger partial charge on any atom is -0.313 e. The fourth-order valence-corrected chi connectivity index (χ4v) is 3.48. The van der Waals surface area contributed by atoms with Crippen LogP contribution in [0.5, 0.6) is 0 Å². The number of likely N-dealkylation sites (tertiary alicyclic amines) is 1. The Hall–Kier alpha value is -0.380. The second-order valence-electron chi connectivity index (χ2n) is 4.73. The molecule has 1 aliphatic rings. The van der Waals surface area contributed by atoms with Gasteiger partial charge in [-0.1, -0.05) is 6.92 Å². The summed E-state index contributed by atoms with van der Waals surface area (Å²) in [6.45, 7) is 11.3. The van der Waals surface area contributed by atoms with E-state index in [1.165, 1.54) is 34.8 Å². The van der Waals surface area contributed by atoms with Gasteiger partial charge in [-0.3, -0.25) is 4.90 Å². The van der Waals surface area contributed by atoms with E-state index in [0.29, 0.717) is 6.04 Å². The van der Waals surface area contributed by atoms with Crippen molar-refractivity contribution in [2.75, 3.05) is 19.6 Å². The average Bonchev–Trinajstić information content (AvgIpc) is 2.77. The van der Waals surface area contributed by atoms with E-state index in [2.05, 4.69) is 37.1 Å². The monoisotopic (exact) mass is 238 g/mol. The summed E-state index contributed by atoms with van der Waals surface area (Å²) in [6.07, 6.45) is 1.30. The Morgan fingerprint density at radius 1 is 1.50 bits per heavy atom. The predicted molar refractivity (Wildman–Crippen MR) is 71.2 cm³/mol. The molecule has 0 aromatic carbocycles. The molecule has 1 fully saturated rings. The highest BCUT2D eigenvalue weighted by Gasteiger charge is 2.21. The van der Waals surface area contributed by atoms with Gasteiger partial charge in [-0.25, -0.2) is 0 Å². The molecule has 1 unspecified atom stereocenters.